The summed E-state index contributed by atoms with van der Waals surface area (Å²) in [6.45, 7) is 0. The van der Waals surface area contributed by atoms with Gasteiger partial charge in [0.1, 0.15) is 0 Å². The summed E-state index contributed by atoms with van der Waals surface area (Å²) in [5.74, 6) is 4.01. The smallest absolute Gasteiger partial charge is 0.0824 e. The first-order valence-corrected chi connectivity index (χ1v) is 7.86. The molecule has 3 saturated carbocycles. The Hall–Kier alpha value is -1.41. The lowest BCUT2D eigenvalue weighted by Crippen LogP contribution is -2.08. The molecule has 5 atom stereocenters. The van der Waals surface area contributed by atoms with Crippen LogP contribution in [0.3, 0.4) is 0 Å². The van der Waals surface area contributed by atoms with Crippen LogP contribution in [0.15, 0.2) is 36.5 Å². The van der Waals surface area contributed by atoms with Crippen molar-refractivity contribution in [2.45, 2.75) is 25.4 Å². The zero-order valence-corrected chi connectivity index (χ0v) is 11.4. The molecule has 2 nitrogen and oxygen atoms in total. The van der Waals surface area contributed by atoms with Gasteiger partial charge in [0.05, 0.1) is 11.6 Å². The minimum atomic E-state index is -0.278. The predicted molar refractivity (Wildman–Crippen MR) is 78.0 cm³/mol. The monoisotopic (exact) mass is 265 g/mol. The molecule has 1 aromatic carbocycles. The van der Waals surface area contributed by atoms with E-state index >= 15 is 0 Å². The number of fused-ring (bicyclic) bond motifs is 6. The predicted octanol–water partition coefficient (Wildman–Crippen LogP) is 3.56. The van der Waals surface area contributed by atoms with Crippen LogP contribution in [0.25, 0.3) is 10.9 Å². The molecule has 0 amide bonds. The van der Waals surface area contributed by atoms with Crippen molar-refractivity contribution in [3.8, 4) is 0 Å². The highest BCUT2D eigenvalue weighted by Crippen LogP contribution is 2.72. The Morgan fingerprint density at radius 3 is 2.70 bits per heavy atom. The summed E-state index contributed by atoms with van der Waals surface area (Å²) in [6.07, 6.45) is 5.81. The van der Waals surface area contributed by atoms with Crippen LogP contribution in [0, 0.1) is 29.6 Å². The van der Waals surface area contributed by atoms with Gasteiger partial charge in [0.15, 0.2) is 0 Å². The minimum absolute atomic E-state index is 0.278. The molecule has 5 rings (SSSR count). The molecule has 3 aliphatic carbocycles. The molecule has 0 aliphatic heterocycles. The SMILES string of the molecule is OC(c1ccc2cccnc2c1)C1C2C3CCC(C3)C21. The average Bonchev–Trinajstić information content (AvgIpc) is 2.93. The Balaban J connectivity index is 1.47. The number of hydrogen-bond donors (Lipinski definition) is 1. The fraction of sp³-hybridized carbons (Fsp3) is 0.500. The first kappa shape index (κ1) is 11.3. The number of benzene rings is 1. The summed E-state index contributed by atoms with van der Waals surface area (Å²) < 4.78 is 0. The molecule has 0 saturated heterocycles. The third kappa shape index (κ3) is 1.40. The van der Waals surface area contributed by atoms with E-state index in [2.05, 4.69) is 29.2 Å². The summed E-state index contributed by atoms with van der Waals surface area (Å²) in [5, 5.41) is 11.9. The van der Waals surface area contributed by atoms with Crippen LogP contribution in [0.1, 0.15) is 30.9 Å². The van der Waals surface area contributed by atoms with Gasteiger partial charge >= 0.3 is 0 Å². The van der Waals surface area contributed by atoms with Gasteiger partial charge in [-0.2, -0.15) is 0 Å². The lowest BCUT2D eigenvalue weighted by atomic mass is 9.94. The van der Waals surface area contributed by atoms with Gasteiger partial charge in [-0.1, -0.05) is 18.2 Å². The molecule has 1 aromatic heterocycles. The van der Waals surface area contributed by atoms with Crippen molar-refractivity contribution in [2.24, 2.45) is 29.6 Å². The van der Waals surface area contributed by atoms with Crippen molar-refractivity contribution < 1.29 is 5.11 Å². The number of pyridine rings is 1. The molecule has 1 N–H and O–H groups in total. The van der Waals surface area contributed by atoms with Gasteiger partial charge < -0.3 is 5.11 Å². The molecule has 102 valence electrons. The van der Waals surface area contributed by atoms with E-state index < -0.39 is 0 Å². The Kier molecular flexibility index (Phi) is 2.15. The van der Waals surface area contributed by atoms with Crippen molar-refractivity contribution in [3.05, 3.63) is 42.1 Å². The molecule has 1 heterocycles. The number of aliphatic hydroxyl groups excluding tert-OH is 1. The molecule has 0 spiro atoms. The molecular weight excluding hydrogens is 246 g/mol. The summed E-state index contributed by atoms with van der Waals surface area (Å²) in [5.41, 5.74) is 2.06. The third-order valence-corrected chi connectivity index (χ3v) is 6.13. The normalized spacial score (nSPS) is 39.0. The highest BCUT2D eigenvalue weighted by molar-refractivity contribution is 5.78. The van der Waals surface area contributed by atoms with Crippen LogP contribution < -0.4 is 0 Å². The van der Waals surface area contributed by atoms with E-state index in [1.165, 1.54) is 19.3 Å². The molecule has 2 heteroatoms. The van der Waals surface area contributed by atoms with Crippen molar-refractivity contribution in [3.63, 3.8) is 0 Å². The van der Waals surface area contributed by atoms with Gasteiger partial charge in [0.25, 0.3) is 0 Å². The van der Waals surface area contributed by atoms with Crippen molar-refractivity contribution in [2.75, 3.05) is 0 Å². The van der Waals surface area contributed by atoms with Gasteiger partial charge in [-0.25, -0.2) is 0 Å². The van der Waals surface area contributed by atoms with Crippen molar-refractivity contribution >= 4 is 10.9 Å². The van der Waals surface area contributed by atoms with Crippen LogP contribution in [0.5, 0.6) is 0 Å². The summed E-state index contributed by atoms with van der Waals surface area (Å²) in [7, 11) is 0. The fourth-order valence-corrected chi connectivity index (χ4v) is 5.30. The van der Waals surface area contributed by atoms with E-state index in [9.17, 15) is 5.11 Å². The number of hydrogen-bond acceptors (Lipinski definition) is 2. The molecule has 5 unspecified atom stereocenters. The minimum Gasteiger partial charge on any atom is -0.388 e. The van der Waals surface area contributed by atoms with Gasteiger partial charge in [0.2, 0.25) is 0 Å². The van der Waals surface area contributed by atoms with Gasteiger partial charge in [-0.3, -0.25) is 4.98 Å². The molecule has 2 aromatic rings. The lowest BCUT2D eigenvalue weighted by Gasteiger charge is -2.16. The number of aliphatic hydroxyl groups is 1. The number of aromatic nitrogens is 1. The Morgan fingerprint density at radius 2 is 1.90 bits per heavy atom. The quantitative estimate of drug-likeness (QED) is 0.900. The zero-order chi connectivity index (χ0) is 13.3. The second-order valence-corrected chi connectivity index (χ2v) is 6.97. The maximum Gasteiger partial charge on any atom is 0.0824 e. The van der Waals surface area contributed by atoms with Gasteiger partial charge in [0, 0.05) is 11.6 Å². The van der Waals surface area contributed by atoms with E-state index in [0.717, 1.165) is 40.1 Å². The molecular formula is C18H19NO. The van der Waals surface area contributed by atoms with E-state index in [-0.39, 0.29) is 6.10 Å². The van der Waals surface area contributed by atoms with E-state index in [1.807, 2.05) is 12.3 Å². The standard InChI is InChI=1S/C18H19NO/c20-18(17-15-11-4-5-12(8-11)16(15)17)13-6-3-10-2-1-7-19-14(10)9-13/h1-3,6-7,9,11-12,15-18,20H,4-5,8H2. The molecule has 3 fully saturated rings. The Morgan fingerprint density at radius 1 is 1.10 bits per heavy atom. The molecule has 20 heavy (non-hydrogen) atoms. The molecule has 3 aliphatic rings. The Bertz CT molecular complexity index is 666. The highest BCUT2D eigenvalue weighted by atomic mass is 16.3. The second-order valence-electron chi connectivity index (χ2n) is 6.97. The highest BCUT2D eigenvalue weighted by Gasteiger charge is 2.66. The number of nitrogens with zero attached hydrogens (tertiary/aromatic N) is 1. The zero-order valence-electron chi connectivity index (χ0n) is 11.4. The first-order chi connectivity index (χ1) is 9.83. The largest absolute Gasteiger partial charge is 0.388 e. The maximum atomic E-state index is 10.8. The fourth-order valence-electron chi connectivity index (χ4n) is 5.30. The van der Waals surface area contributed by atoms with Crippen molar-refractivity contribution in [1.29, 1.82) is 0 Å². The summed E-state index contributed by atoms with van der Waals surface area (Å²) in [4.78, 5) is 4.41. The summed E-state index contributed by atoms with van der Waals surface area (Å²) >= 11 is 0. The first-order valence-electron chi connectivity index (χ1n) is 7.86. The van der Waals surface area contributed by atoms with E-state index in [4.69, 9.17) is 0 Å². The van der Waals surface area contributed by atoms with Gasteiger partial charge in [-0.05, 0) is 66.5 Å². The molecule has 2 bridgehead atoms. The maximum absolute atomic E-state index is 10.8. The lowest BCUT2D eigenvalue weighted by molar-refractivity contribution is 0.130. The van der Waals surface area contributed by atoms with Crippen LogP contribution in [-0.2, 0) is 0 Å². The average molecular weight is 265 g/mol. The third-order valence-electron chi connectivity index (χ3n) is 6.13. The van der Waals surface area contributed by atoms with Crippen molar-refractivity contribution in [1.82, 2.24) is 4.98 Å². The van der Waals surface area contributed by atoms with Gasteiger partial charge in [-0.15, -0.1) is 0 Å². The van der Waals surface area contributed by atoms with Crippen LogP contribution in [-0.4, -0.2) is 10.1 Å². The topological polar surface area (TPSA) is 33.1 Å². The molecule has 0 radical (unpaired) electrons. The second kappa shape index (κ2) is 3.82. The van der Waals surface area contributed by atoms with E-state index in [0.29, 0.717) is 5.92 Å². The van der Waals surface area contributed by atoms with Crippen LogP contribution in [0.2, 0.25) is 0 Å². The number of rotatable bonds is 2. The van der Waals surface area contributed by atoms with Crippen LogP contribution in [0.4, 0.5) is 0 Å². The Labute approximate surface area is 118 Å². The summed E-state index contributed by atoms with van der Waals surface area (Å²) in [6, 6.07) is 10.3. The van der Waals surface area contributed by atoms with E-state index in [1.54, 1.807) is 0 Å². The van der Waals surface area contributed by atoms with Crippen LogP contribution >= 0.6 is 0 Å².